The van der Waals surface area contributed by atoms with Crippen molar-refractivity contribution in [3.8, 4) is 17.2 Å². The molecular formula is C17H18O3. The highest BCUT2D eigenvalue weighted by Crippen LogP contribution is 2.41. The van der Waals surface area contributed by atoms with Gasteiger partial charge in [0.1, 0.15) is 23.4 Å². The lowest BCUT2D eigenvalue weighted by atomic mass is 9.85. The smallest absolute Gasteiger partial charge is 0.127 e. The number of phenolic OH excluding ortho intramolecular Hbond substituents is 2. The van der Waals surface area contributed by atoms with Gasteiger partial charge in [0.05, 0.1) is 0 Å². The van der Waals surface area contributed by atoms with Gasteiger partial charge in [-0.2, -0.15) is 0 Å². The van der Waals surface area contributed by atoms with Gasteiger partial charge in [0.2, 0.25) is 0 Å². The third-order valence-electron chi connectivity index (χ3n) is 3.95. The molecule has 0 spiro atoms. The molecule has 0 amide bonds. The highest BCUT2D eigenvalue weighted by molar-refractivity contribution is 5.42. The maximum absolute atomic E-state index is 9.58. The van der Waals surface area contributed by atoms with Crippen molar-refractivity contribution in [3.63, 3.8) is 0 Å². The molecule has 3 rings (SSSR count). The number of benzene rings is 2. The number of fused-ring (bicyclic) bond motifs is 1. The van der Waals surface area contributed by atoms with E-state index in [0.29, 0.717) is 5.92 Å². The van der Waals surface area contributed by atoms with E-state index < -0.39 is 0 Å². The van der Waals surface area contributed by atoms with Crippen LogP contribution in [0.25, 0.3) is 0 Å². The molecule has 1 heterocycles. The van der Waals surface area contributed by atoms with E-state index in [0.717, 1.165) is 29.7 Å². The Labute approximate surface area is 118 Å². The average Bonchev–Trinajstić information content (AvgIpc) is 2.46. The summed E-state index contributed by atoms with van der Waals surface area (Å²) in [6.45, 7) is 2.15. The molecule has 3 heteroatoms. The molecule has 0 bridgehead atoms. The van der Waals surface area contributed by atoms with Gasteiger partial charge >= 0.3 is 0 Å². The zero-order valence-corrected chi connectivity index (χ0v) is 11.4. The predicted octanol–water partition coefficient (Wildman–Crippen LogP) is 3.80. The lowest BCUT2D eigenvalue weighted by molar-refractivity contribution is 0.110. The minimum atomic E-state index is -0.00218. The van der Waals surface area contributed by atoms with Gasteiger partial charge in [-0.05, 0) is 54.3 Å². The van der Waals surface area contributed by atoms with Gasteiger partial charge in [-0.3, -0.25) is 0 Å². The molecule has 1 aliphatic rings. The Hall–Kier alpha value is -2.16. The summed E-state index contributed by atoms with van der Waals surface area (Å²) in [4.78, 5) is 0. The van der Waals surface area contributed by atoms with Crippen LogP contribution in [0.3, 0.4) is 0 Å². The Morgan fingerprint density at radius 3 is 2.45 bits per heavy atom. The SMILES string of the molecule is CC[C@@H]1Cc2cc(O)ccc2O[C@@H]1c1ccc(O)cc1. The standard InChI is InChI=1S/C17H18O3/c1-2-11-9-13-10-15(19)7-8-16(13)20-17(11)12-3-5-14(18)6-4-12/h3-8,10-11,17-19H,2,9H2,1H3/t11-,17+/m1/s1. The van der Waals surface area contributed by atoms with Crippen LogP contribution in [0.1, 0.15) is 30.6 Å². The molecule has 2 aromatic rings. The quantitative estimate of drug-likeness (QED) is 0.872. The molecule has 0 saturated carbocycles. The first-order chi connectivity index (χ1) is 9.67. The van der Waals surface area contributed by atoms with Crippen molar-refractivity contribution in [2.24, 2.45) is 5.92 Å². The van der Waals surface area contributed by atoms with Crippen LogP contribution < -0.4 is 4.74 Å². The third kappa shape index (κ3) is 2.31. The van der Waals surface area contributed by atoms with Crippen LogP contribution in [0.5, 0.6) is 17.2 Å². The number of phenols is 2. The van der Waals surface area contributed by atoms with Crippen LogP contribution in [0.2, 0.25) is 0 Å². The van der Waals surface area contributed by atoms with E-state index in [1.165, 1.54) is 0 Å². The zero-order chi connectivity index (χ0) is 14.1. The molecule has 20 heavy (non-hydrogen) atoms. The molecule has 3 nitrogen and oxygen atoms in total. The summed E-state index contributed by atoms with van der Waals surface area (Å²) in [5.41, 5.74) is 2.14. The minimum Gasteiger partial charge on any atom is -0.508 e. The van der Waals surface area contributed by atoms with Gasteiger partial charge in [-0.15, -0.1) is 0 Å². The van der Waals surface area contributed by atoms with Crippen LogP contribution in [0, 0.1) is 5.92 Å². The second kappa shape index (κ2) is 5.08. The molecule has 2 N–H and O–H groups in total. The van der Waals surface area contributed by atoms with Crippen molar-refractivity contribution >= 4 is 0 Å². The van der Waals surface area contributed by atoms with E-state index in [1.807, 2.05) is 18.2 Å². The van der Waals surface area contributed by atoms with Crippen LogP contribution in [-0.4, -0.2) is 10.2 Å². The first kappa shape index (κ1) is 12.9. The second-order valence-electron chi connectivity index (χ2n) is 5.29. The van der Waals surface area contributed by atoms with Crippen molar-refractivity contribution in [2.75, 3.05) is 0 Å². The van der Waals surface area contributed by atoms with E-state index in [1.54, 1.807) is 24.3 Å². The Balaban J connectivity index is 1.95. The Kier molecular flexibility index (Phi) is 3.26. The Bertz CT molecular complexity index is 604. The van der Waals surface area contributed by atoms with E-state index in [4.69, 9.17) is 4.74 Å². The number of ether oxygens (including phenoxy) is 1. The van der Waals surface area contributed by atoms with Gasteiger partial charge in [-0.25, -0.2) is 0 Å². The van der Waals surface area contributed by atoms with Crippen molar-refractivity contribution in [1.29, 1.82) is 0 Å². The second-order valence-corrected chi connectivity index (χ2v) is 5.29. The first-order valence-electron chi connectivity index (χ1n) is 6.95. The molecule has 0 radical (unpaired) electrons. The maximum atomic E-state index is 9.58. The lowest BCUT2D eigenvalue weighted by Crippen LogP contribution is -2.25. The fraction of sp³-hybridized carbons (Fsp3) is 0.294. The summed E-state index contributed by atoms with van der Waals surface area (Å²) >= 11 is 0. The number of hydrogen-bond acceptors (Lipinski definition) is 3. The third-order valence-corrected chi connectivity index (χ3v) is 3.95. The van der Waals surface area contributed by atoms with Crippen molar-refractivity contribution in [3.05, 3.63) is 53.6 Å². The monoisotopic (exact) mass is 270 g/mol. The summed E-state index contributed by atoms with van der Waals surface area (Å²) in [6, 6.07) is 12.5. The summed E-state index contributed by atoms with van der Waals surface area (Å²) in [5.74, 6) is 1.76. The number of rotatable bonds is 2. The summed E-state index contributed by atoms with van der Waals surface area (Å²) in [7, 11) is 0. The molecule has 0 unspecified atom stereocenters. The largest absolute Gasteiger partial charge is 0.508 e. The predicted molar refractivity (Wildman–Crippen MR) is 77.1 cm³/mol. The van der Waals surface area contributed by atoms with E-state index in [9.17, 15) is 10.2 Å². The van der Waals surface area contributed by atoms with Gasteiger partial charge in [0, 0.05) is 5.92 Å². The van der Waals surface area contributed by atoms with Crippen molar-refractivity contribution in [1.82, 2.24) is 0 Å². The number of hydrogen-bond donors (Lipinski definition) is 2. The summed E-state index contributed by atoms with van der Waals surface area (Å²) < 4.78 is 6.12. The number of aromatic hydroxyl groups is 2. The molecule has 104 valence electrons. The molecule has 0 fully saturated rings. The van der Waals surface area contributed by atoms with Crippen molar-refractivity contribution < 1.29 is 14.9 Å². The average molecular weight is 270 g/mol. The lowest BCUT2D eigenvalue weighted by Gasteiger charge is -2.33. The Morgan fingerprint density at radius 1 is 1.05 bits per heavy atom. The van der Waals surface area contributed by atoms with Crippen LogP contribution in [0.15, 0.2) is 42.5 Å². The summed E-state index contributed by atoms with van der Waals surface area (Å²) in [5, 5.41) is 19.0. The zero-order valence-electron chi connectivity index (χ0n) is 11.4. The molecule has 0 saturated heterocycles. The molecule has 2 aromatic carbocycles. The van der Waals surface area contributed by atoms with Gasteiger partial charge < -0.3 is 14.9 Å². The fourth-order valence-electron chi connectivity index (χ4n) is 2.83. The highest BCUT2D eigenvalue weighted by atomic mass is 16.5. The fourth-order valence-corrected chi connectivity index (χ4v) is 2.83. The molecule has 1 aliphatic heterocycles. The Morgan fingerprint density at radius 2 is 1.75 bits per heavy atom. The van der Waals surface area contributed by atoms with Gasteiger partial charge in [0.25, 0.3) is 0 Å². The summed E-state index contributed by atoms with van der Waals surface area (Å²) in [6.07, 6.45) is 1.89. The van der Waals surface area contributed by atoms with Gasteiger partial charge in [0.15, 0.2) is 0 Å². The topological polar surface area (TPSA) is 49.7 Å². The maximum Gasteiger partial charge on any atom is 0.127 e. The van der Waals surface area contributed by atoms with Crippen LogP contribution in [-0.2, 0) is 6.42 Å². The van der Waals surface area contributed by atoms with Crippen LogP contribution in [0.4, 0.5) is 0 Å². The normalized spacial score (nSPS) is 21.1. The first-order valence-corrected chi connectivity index (χ1v) is 6.95. The van der Waals surface area contributed by atoms with E-state index in [2.05, 4.69) is 6.92 Å². The molecule has 0 aromatic heterocycles. The minimum absolute atomic E-state index is 0.00218. The molecule has 0 aliphatic carbocycles. The van der Waals surface area contributed by atoms with Gasteiger partial charge in [-0.1, -0.05) is 19.1 Å². The highest BCUT2D eigenvalue weighted by Gasteiger charge is 2.30. The van der Waals surface area contributed by atoms with Crippen LogP contribution >= 0.6 is 0 Å². The van der Waals surface area contributed by atoms with E-state index in [-0.39, 0.29) is 17.6 Å². The molecule has 2 atom stereocenters. The molecular weight excluding hydrogens is 252 g/mol. The van der Waals surface area contributed by atoms with E-state index >= 15 is 0 Å². The van der Waals surface area contributed by atoms with Crippen molar-refractivity contribution in [2.45, 2.75) is 25.9 Å².